The molecule has 1 aliphatic carbocycles. The monoisotopic (exact) mass is 439 g/mol. The molecular weight excluding hydrogens is 416 g/mol. The van der Waals surface area contributed by atoms with Crippen LogP contribution < -0.4 is 9.88 Å². The van der Waals surface area contributed by atoms with Gasteiger partial charge in [0.2, 0.25) is 0 Å². The fraction of sp³-hybridized carbons (Fsp3) is 0.192. The smallest absolute Gasteiger partial charge is 0.269 e. The van der Waals surface area contributed by atoms with Crippen LogP contribution in [0.1, 0.15) is 40.0 Å². The second-order valence-corrected chi connectivity index (χ2v) is 8.28. The summed E-state index contributed by atoms with van der Waals surface area (Å²) in [5.74, 6) is -0.169. The summed E-state index contributed by atoms with van der Waals surface area (Å²) in [6.07, 6.45) is 7.74. The molecule has 33 heavy (non-hydrogen) atoms. The predicted molar refractivity (Wildman–Crippen MR) is 125 cm³/mol. The highest BCUT2D eigenvalue weighted by Gasteiger charge is 2.21. The topological polar surface area (TPSA) is 89.0 Å². The standard InChI is InChI=1S/C26H22N4O3/c31-26(19-6-5-15-29(17-19)16-18-11-13-20(14-12-18)30(32)33)28-25-21-7-1-3-9-23(21)27-24-10-4-2-8-22(24)25/h1,3,5-7,9,11-15,17H,2,4,8,10,16H2/p+1. The van der Waals surface area contributed by atoms with Crippen LogP contribution in [-0.2, 0) is 19.4 Å². The molecule has 0 unspecified atom stereocenters. The molecule has 0 atom stereocenters. The Balaban J connectivity index is 1.42. The van der Waals surface area contributed by atoms with Gasteiger partial charge in [-0.1, -0.05) is 18.2 Å². The van der Waals surface area contributed by atoms with Crippen LogP contribution in [0, 0.1) is 10.1 Å². The Labute approximate surface area is 190 Å². The average molecular weight is 439 g/mol. The number of amides is 1. The number of fused-ring (bicyclic) bond motifs is 2. The van der Waals surface area contributed by atoms with Crippen LogP contribution >= 0.6 is 0 Å². The number of para-hydroxylation sites is 1. The third-order valence-electron chi connectivity index (χ3n) is 6.04. The lowest BCUT2D eigenvalue weighted by atomic mass is 9.92. The van der Waals surface area contributed by atoms with Crippen molar-refractivity contribution < 1.29 is 14.3 Å². The van der Waals surface area contributed by atoms with E-state index in [9.17, 15) is 14.9 Å². The SMILES string of the molecule is O=C(Nc1c2c(nc3ccccc13)CCCC2)c1ccc[n+](Cc2ccc([N+](=O)[O-])cc2)c1. The van der Waals surface area contributed by atoms with E-state index < -0.39 is 4.92 Å². The van der Waals surface area contributed by atoms with E-state index in [1.165, 1.54) is 12.1 Å². The number of hydrogen-bond acceptors (Lipinski definition) is 4. The summed E-state index contributed by atoms with van der Waals surface area (Å²) in [4.78, 5) is 28.5. The van der Waals surface area contributed by atoms with Crippen LogP contribution in [0.25, 0.3) is 10.9 Å². The highest BCUT2D eigenvalue weighted by molar-refractivity contribution is 6.09. The van der Waals surface area contributed by atoms with Gasteiger partial charge in [-0.2, -0.15) is 4.57 Å². The molecule has 0 saturated heterocycles. The molecule has 0 bridgehead atoms. The van der Waals surface area contributed by atoms with Gasteiger partial charge in [0.15, 0.2) is 18.9 Å². The van der Waals surface area contributed by atoms with Crippen LogP contribution in [0.3, 0.4) is 0 Å². The van der Waals surface area contributed by atoms with E-state index in [4.69, 9.17) is 4.98 Å². The summed E-state index contributed by atoms with van der Waals surface area (Å²) in [5, 5.41) is 15.0. The van der Waals surface area contributed by atoms with Gasteiger partial charge in [-0.05, 0) is 55.5 Å². The molecule has 1 amide bonds. The number of nitrogens with zero attached hydrogens (tertiary/aromatic N) is 3. The number of non-ortho nitro benzene ring substituents is 1. The van der Waals surface area contributed by atoms with Crippen molar-refractivity contribution in [3.05, 3.63) is 106 Å². The van der Waals surface area contributed by atoms with Crippen LogP contribution in [0.2, 0.25) is 0 Å². The van der Waals surface area contributed by atoms with Crippen molar-refractivity contribution in [1.82, 2.24) is 4.98 Å². The molecule has 1 aliphatic rings. The maximum atomic E-state index is 13.2. The van der Waals surface area contributed by atoms with E-state index >= 15 is 0 Å². The van der Waals surface area contributed by atoms with Gasteiger partial charge in [0.1, 0.15) is 5.56 Å². The van der Waals surface area contributed by atoms with Gasteiger partial charge in [0.05, 0.1) is 16.1 Å². The van der Waals surface area contributed by atoms with Crippen molar-refractivity contribution in [2.24, 2.45) is 0 Å². The molecule has 5 rings (SSSR count). The second-order valence-electron chi connectivity index (χ2n) is 8.28. The van der Waals surface area contributed by atoms with Gasteiger partial charge in [0, 0.05) is 34.8 Å². The molecular formula is C26H23N4O3+. The van der Waals surface area contributed by atoms with Gasteiger partial charge < -0.3 is 5.32 Å². The first-order valence-corrected chi connectivity index (χ1v) is 11.0. The van der Waals surface area contributed by atoms with Crippen molar-refractivity contribution in [2.75, 3.05) is 5.32 Å². The quantitative estimate of drug-likeness (QED) is 0.279. The minimum absolute atomic E-state index is 0.0600. The van der Waals surface area contributed by atoms with E-state index in [-0.39, 0.29) is 11.6 Å². The van der Waals surface area contributed by atoms with Crippen molar-refractivity contribution in [2.45, 2.75) is 32.2 Å². The van der Waals surface area contributed by atoms with Gasteiger partial charge in [-0.3, -0.25) is 19.9 Å². The highest BCUT2D eigenvalue weighted by atomic mass is 16.6. The molecule has 1 N–H and O–H groups in total. The molecule has 0 spiro atoms. The largest absolute Gasteiger partial charge is 0.321 e. The Kier molecular flexibility index (Phi) is 5.52. The van der Waals surface area contributed by atoms with Gasteiger partial charge in [-0.25, -0.2) is 0 Å². The van der Waals surface area contributed by atoms with E-state index in [0.29, 0.717) is 12.1 Å². The lowest BCUT2D eigenvalue weighted by Gasteiger charge is -2.21. The number of carbonyl (C=O) groups is 1. The maximum Gasteiger partial charge on any atom is 0.269 e. The zero-order chi connectivity index (χ0) is 22.8. The molecule has 0 fully saturated rings. The van der Waals surface area contributed by atoms with Crippen molar-refractivity contribution in [1.29, 1.82) is 0 Å². The van der Waals surface area contributed by atoms with E-state index in [2.05, 4.69) is 5.32 Å². The minimum Gasteiger partial charge on any atom is -0.321 e. The number of hydrogen-bond donors (Lipinski definition) is 1. The van der Waals surface area contributed by atoms with Crippen LogP contribution in [0.5, 0.6) is 0 Å². The Bertz CT molecular complexity index is 1370. The van der Waals surface area contributed by atoms with E-state index in [1.54, 1.807) is 24.4 Å². The molecule has 0 saturated carbocycles. The number of nitrogens with one attached hydrogen (secondary N) is 1. The number of nitro groups is 1. The number of aromatic nitrogens is 2. The molecule has 0 radical (unpaired) electrons. The molecule has 7 heteroatoms. The number of anilines is 1. The number of carbonyl (C=O) groups excluding carboxylic acids is 1. The number of pyridine rings is 2. The summed E-state index contributed by atoms with van der Waals surface area (Å²) >= 11 is 0. The third kappa shape index (κ3) is 4.30. The zero-order valence-electron chi connectivity index (χ0n) is 18.0. The normalized spacial score (nSPS) is 12.8. The second kappa shape index (κ2) is 8.78. The first-order valence-electron chi connectivity index (χ1n) is 11.0. The lowest BCUT2D eigenvalue weighted by molar-refractivity contribution is -0.688. The van der Waals surface area contributed by atoms with Crippen LogP contribution in [-0.4, -0.2) is 15.8 Å². The average Bonchev–Trinajstić information content (AvgIpc) is 2.84. The van der Waals surface area contributed by atoms with Gasteiger partial charge in [-0.15, -0.1) is 0 Å². The summed E-state index contributed by atoms with van der Waals surface area (Å²) in [7, 11) is 0. The number of rotatable bonds is 5. The number of nitro benzene ring substituents is 1. The Morgan fingerprint density at radius 2 is 1.82 bits per heavy atom. The molecule has 2 aromatic carbocycles. The fourth-order valence-corrected chi connectivity index (χ4v) is 4.39. The Hall–Kier alpha value is -4.13. The Morgan fingerprint density at radius 1 is 1.03 bits per heavy atom. The predicted octanol–water partition coefficient (Wildman–Crippen LogP) is 4.61. The lowest BCUT2D eigenvalue weighted by Crippen LogP contribution is -2.35. The summed E-state index contributed by atoms with van der Waals surface area (Å²) in [6.45, 7) is 0.507. The molecule has 7 nitrogen and oxygen atoms in total. The van der Waals surface area contributed by atoms with Gasteiger partial charge >= 0.3 is 0 Å². The highest BCUT2D eigenvalue weighted by Crippen LogP contribution is 2.33. The fourth-order valence-electron chi connectivity index (χ4n) is 4.39. The van der Waals surface area contributed by atoms with Gasteiger partial charge in [0.25, 0.3) is 11.6 Å². The zero-order valence-corrected chi connectivity index (χ0v) is 18.0. The first-order chi connectivity index (χ1) is 16.1. The molecule has 164 valence electrons. The van der Waals surface area contributed by atoms with Crippen LogP contribution in [0.4, 0.5) is 11.4 Å². The van der Waals surface area contributed by atoms with Crippen molar-refractivity contribution in [3.63, 3.8) is 0 Å². The van der Waals surface area contributed by atoms with Crippen molar-refractivity contribution in [3.8, 4) is 0 Å². The first kappa shape index (κ1) is 20.8. The molecule has 2 heterocycles. The van der Waals surface area contributed by atoms with E-state index in [1.807, 2.05) is 41.1 Å². The third-order valence-corrected chi connectivity index (χ3v) is 6.04. The maximum absolute atomic E-state index is 13.2. The summed E-state index contributed by atoms with van der Waals surface area (Å²) < 4.78 is 1.90. The molecule has 4 aromatic rings. The van der Waals surface area contributed by atoms with E-state index in [0.717, 1.165) is 59.1 Å². The minimum atomic E-state index is -0.413. The Morgan fingerprint density at radius 3 is 2.64 bits per heavy atom. The van der Waals surface area contributed by atoms with Crippen LogP contribution in [0.15, 0.2) is 73.1 Å². The number of aryl methyl sites for hydroxylation is 1. The summed E-state index contributed by atoms with van der Waals surface area (Å²) in [6, 6.07) is 18.0. The molecule has 2 aromatic heterocycles. The van der Waals surface area contributed by atoms with Crippen molar-refractivity contribution >= 4 is 28.2 Å². The molecule has 0 aliphatic heterocycles. The summed E-state index contributed by atoms with van der Waals surface area (Å²) in [5.41, 5.74) is 5.51. The number of benzene rings is 2.